The second kappa shape index (κ2) is 10.3. The number of hydrogen-bond donors (Lipinski definition) is 4. The first kappa shape index (κ1) is 28.6. The number of hydrogen-bond acceptors (Lipinski definition) is 10. The lowest BCUT2D eigenvalue weighted by molar-refractivity contribution is -0.154. The number of amides is 1. The number of primary amides is 1. The molecule has 0 heterocycles. The number of nitrogens with two attached hydrogens (primary N) is 1. The summed E-state index contributed by atoms with van der Waals surface area (Å²) < 4.78 is 11.4. The summed E-state index contributed by atoms with van der Waals surface area (Å²) in [6.07, 6.45) is 1.34. The minimum atomic E-state index is -2.12. The Bertz CT molecular complexity index is 1300. The molecule has 0 aliphatic heterocycles. The lowest BCUT2D eigenvalue weighted by atomic mass is 9.58. The number of aliphatic hydroxyl groups is 2. The average Bonchev–Trinajstić information content (AvgIpc) is 2.83. The molecule has 4 rings (SSSR count). The van der Waals surface area contributed by atoms with E-state index in [4.69, 9.17) is 15.2 Å². The van der Waals surface area contributed by atoms with Crippen LogP contribution in [0.4, 0.5) is 0 Å². The molecule has 3 aliphatic rings. The van der Waals surface area contributed by atoms with Crippen molar-refractivity contribution in [1.82, 2.24) is 9.80 Å². The summed E-state index contributed by atoms with van der Waals surface area (Å²) in [5.74, 6) is -5.13. The van der Waals surface area contributed by atoms with Crippen molar-refractivity contribution in [1.29, 1.82) is 0 Å². The number of aromatic hydroxyl groups is 1. The summed E-state index contributed by atoms with van der Waals surface area (Å²) in [7, 11) is 7.99. The Morgan fingerprint density at radius 1 is 1.18 bits per heavy atom. The SMILES string of the molecule is CCCN(C)Cc1cc(O)c2c(c1OC)CC1CC3[C@H](N(C)C)C(O)=C(C(N)=O)C(=O)[C@@]3(OC)C(O)=C1C2=O. The summed E-state index contributed by atoms with van der Waals surface area (Å²) >= 11 is 0. The second-order valence-electron chi connectivity index (χ2n) is 10.8. The fraction of sp³-hybridized carbons (Fsp3) is 0.536. The Balaban J connectivity index is 1.94. The van der Waals surface area contributed by atoms with Crippen molar-refractivity contribution in [2.45, 2.75) is 44.4 Å². The minimum Gasteiger partial charge on any atom is -0.510 e. The number of nitrogens with zero attached hydrogens (tertiary/aromatic N) is 2. The van der Waals surface area contributed by atoms with E-state index in [-0.39, 0.29) is 29.7 Å². The summed E-state index contributed by atoms with van der Waals surface area (Å²) in [4.78, 5) is 43.6. The van der Waals surface area contributed by atoms with Gasteiger partial charge in [-0.25, -0.2) is 0 Å². The van der Waals surface area contributed by atoms with E-state index in [1.54, 1.807) is 19.0 Å². The largest absolute Gasteiger partial charge is 0.510 e. The van der Waals surface area contributed by atoms with Crippen LogP contribution in [0.2, 0.25) is 0 Å². The third-order valence-electron chi connectivity index (χ3n) is 8.29. The van der Waals surface area contributed by atoms with Crippen LogP contribution in [0.15, 0.2) is 28.7 Å². The number of likely N-dealkylation sites (N-methyl/N-ethyl adjacent to an activating group) is 1. The molecule has 1 amide bonds. The van der Waals surface area contributed by atoms with Gasteiger partial charge in [-0.1, -0.05) is 6.92 Å². The van der Waals surface area contributed by atoms with Crippen molar-refractivity contribution in [3.05, 3.63) is 45.4 Å². The van der Waals surface area contributed by atoms with E-state index < -0.39 is 58.0 Å². The van der Waals surface area contributed by atoms with E-state index in [9.17, 15) is 29.7 Å². The Labute approximate surface area is 227 Å². The average molecular weight is 544 g/mol. The third-order valence-corrected chi connectivity index (χ3v) is 8.29. The maximum Gasteiger partial charge on any atom is 0.255 e. The lowest BCUT2D eigenvalue weighted by Gasteiger charge is -2.51. The van der Waals surface area contributed by atoms with Crippen molar-refractivity contribution >= 4 is 17.5 Å². The van der Waals surface area contributed by atoms with Gasteiger partial charge in [-0.05, 0) is 58.9 Å². The molecule has 0 aromatic heterocycles. The van der Waals surface area contributed by atoms with Crippen molar-refractivity contribution in [2.24, 2.45) is 17.6 Å². The van der Waals surface area contributed by atoms with Crippen molar-refractivity contribution < 1.29 is 39.2 Å². The van der Waals surface area contributed by atoms with Gasteiger partial charge in [-0.2, -0.15) is 0 Å². The number of carbonyl (C=O) groups excluding carboxylic acids is 3. The maximum absolute atomic E-state index is 13.9. The number of phenolic OH excluding ortho intramolecular Hbond substituents is 1. The molecule has 0 radical (unpaired) electrons. The molecule has 212 valence electrons. The maximum atomic E-state index is 13.9. The number of fused-ring (bicyclic) bond motifs is 3. The molecule has 0 bridgehead atoms. The first-order valence-electron chi connectivity index (χ1n) is 12.9. The number of aliphatic hydroxyl groups excluding tert-OH is 2. The van der Waals surface area contributed by atoms with E-state index in [1.807, 2.05) is 7.05 Å². The highest BCUT2D eigenvalue weighted by atomic mass is 16.5. The van der Waals surface area contributed by atoms with Crippen molar-refractivity contribution in [3.63, 3.8) is 0 Å². The number of carbonyl (C=O) groups is 3. The Morgan fingerprint density at radius 2 is 1.85 bits per heavy atom. The number of Topliss-reactive ketones (excluding diaryl/α,β-unsaturated/α-hetero) is 2. The number of methoxy groups -OCH3 is 2. The standard InChI is InChI=1S/C28H37N3O8/c1-7-8-31(4)12-14-11-17(32)19-15(24(14)38-5)9-13-10-16-21(30(2)3)23(34)20(27(29)37)26(36)28(16,39-6)25(35)18(13)22(19)33/h11,13,16,21,32,34-35H,7-10,12H2,1-6H3,(H2,29,37)/t13?,16?,21-,28-/m0/s1. The molecule has 5 N–H and O–H groups in total. The molecule has 39 heavy (non-hydrogen) atoms. The van der Waals surface area contributed by atoms with Crippen LogP contribution >= 0.6 is 0 Å². The summed E-state index contributed by atoms with van der Waals surface area (Å²) in [6.45, 7) is 3.39. The summed E-state index contributed by atoms with van der Waals surface area (Å²) in [5, 5.41) is 33.7. The molecule has 2 unspecified atom stereocenters. The van der Waals surface area contributed by atoms with Crippen LogP contribution in [0.25, 0.3) is 0 Å². The van der Waals surface area contributed by atoms with Gasteiger partial charge in [0.15, 0.2) is 11.4 Å². The van der Waals surface area contributed by atoms with Gasteiger partial charge in [0, 0.05) is 36.3 Å². The highest BCUT2D eigenvalue weighted by Gasteiger charge is 2.64. The van der Waals surface area contributed by atoms with Gasteiger partial charge in [0.2, 0.25) is 5.78 Å². The second-order valence-corrected chi connectivity index (χ2v) is 10.8. The number of phenols is 1. The van der Waals surface area contributed by atoms with E-state index >= 15 is 0 Å². The van der Waals surface area contributed by atoms with Crippen LogP contribution in [-0.4, -0.2) is 96.1 Å². The molecular weight excluding hydrogens is 506 g/mol. The molecule has 11 nitrogen and oxygen atoms in total. The zero-order chi connectivity index (χ0) is 29.0. The van der Waals surface area contributed by atoms with Gasteiger partial charge < -0.3 is 35.4 Å². The lowest BCUT2D eigenvalue weighted by Crippen LogP contribution is -2.64. The molecule has 0 saturated carbocycles. The predicted octanol–water partition coefficient (Wildman–Crippen LogP) is 1.63. The Kier molecular flexibility index (Phi) is 7.54. The predicted molar refractivity (Wildman–Crippen MR) is 142 cm³/mol. The number of allylic oxidation sites excluding steroid dienone is 1. The highest BCUT2D eigenvalue weighted by molar-refractivity contribution is 6.25. The smallest absolute Gasteiger partial charge is 0.255 e. The van der Waals surface area contributed by atoms with E-state index in [0.29, 0.717) is 17.9 Å². The van der Waals surface area contributed by atoms with Gasteiger partial charge in [-0.3, -0.25) is 19.3 Å². The quantitative estimate of drug-likeness (QED) is 0.354. The molecule has 0 spiro atoms. The van der Waals surface area contributed by atoms with Crippen LogP contribution in [-0.2, 0) is 27.3 Å². The number of ether oxygens (including phenoxy) is 2. The summed E-state index contributed by atoms with van der Waals surface area (Å²) in [6, 6.07) is 0.590. The zero-order valence-electron chi connectivity index (χ0n) is 23.2. The fourth-order valence-electron chi connectivity index (χ4n) is 6.81. The normalized spacial score (nSPS) is 26.6. The van der Waals surface area contributed by atoms with E-state index in [0.717, 1.165) is 18.5 Å². The van der Waals surface area contributed by atoms with Crippen molar-refractivity contribution in [2.75, 3.05) is 41.9 Å². The molecule has 0 saturated heterocycles. The first-order valence-corrected chi connectivity index (χ1v) is 12.9. The molecule has 4 atom stereocenters. The first-order chi connectivity index (χ1) is 18.4. The van der Waals surface area contributed by atoms with E-state index in [2.05, 4.69) is 11.8 Å². The third kappa shape index (κ3) is 4.11. The zero-order valence-corrected chi connectivity index (χ0v) is 23.2. The topological polar surface area (TPSA) is 163 Å². The highest BCUT2D eigenvalue weighted by Crippen LogP contribution is 2.54. The Morgan fingerprint density at radius 3 is 2.38 bits per heavy atom. The summed E-state index contributed by atoms with van der Waals surface area (Å²) in [5.41, 5.74) is 3.85. The molecular formula is C28H37N3O8. The molecule has 3 aliphatic carbocycles. The van der Waals surface area contributed by atoms with Crippen LogP contribution in [0.3, 0.4) is 0 Å². The Hall–Kier alpha value is -3.41. The minimum absolute atomic E-state index is 0.00261. The van der Waals surface area contributed by atoms with Gasteiger partial charge in [-0.15, -0.1) is 0 Å². The molecule has 11 heteroatoms. The molecule has 1 aromatic rings. The van der Waals surface area contributed by atoms with Gasteiger partial charge in [0.25, 0.3) is 5.91 Å². The van der Waals surface area contributed by atoms with Crippen LogP contribution in [0.1, 0.15) is 41.3 Å². The van der Waals surface area contributed by atoms with E-state index in [1.165, 1.54) is 20.3 Å². The molecule has 0 fully saturated rings. The number of ketones is 2. The molecule has 1 aromatic carbocycles. The number of rotatable bonds is 8. The van der Waals surface area contributed by atoms with Gasteiger partial charge >= 0.3 is 0 Å². The number of benzene rings is 1. The van der Waals surface area contributed by atoms with Gasteiger partial charge in [0.05, 0.1) is 18.7 Å². The van der Waals surface area contributed by atoms with Crippen molar-refractivity contribution in [3.8, 4) is 11.5 Å². The monoisotopic (exact) mass is 543 g/mol. The van der Waals surface area contributed by atoms with Crippen LogP contribution in [0, 0.1) is 11.8 Å². The van der Waals surface area contributed by atoms with Gasteiger partial charge in [0.1, 0.15) is 28.6 Å². The van der Waals surface area contributed by atoms with Crippen LogP contribution < -0.4 is 10.5 Å². The van der Waals surface area contributed by atoms with Crippen LogP contribution in [0.5, 0.6) is 11.5 Å². The fourth-order valence-corrected chi connectivity index (χ4v) is 6.81.